The standard InChI is InChI=1S/C16H16N4OS/c1-11-7-12(2)9-13(8-11)17-15(21)10-22-16-19-18-14-5-3-4-6-20(14)16/h3-9H,10H2,1-2H3,(H,17,21). The van der Waals surface area contributed by atoms with E-state index in [0.29, 0.717) is 10.9 Å². The molecule has 0 radical (unpaired) electrons. The van der Waals surface area contributed by atoms with Crippen LogP contribution in [0, 0.1) is 13.8 Å². The van der Waals surface area contributed by atoms with Crippen molar-refractivity contribution in [1.29, 1.82) is 0 Å². The third-order valence-electron chi connectivity index (χ3n) is 3.12. The van der Waals surface area contributed by atoms with E-state index in [4.69, 9.17) is 0 Å². The quantitative estimate of drug-likeness (QED) is 0.752. The maximum Gasteiger partial charge on any atom is 0.234 e. The van der Waals surface area contributed by atoms with Crippen LogP contribution in [0.4, 0.5) is 5.69 Å². The molecular formula is C16H16N4OS. The van der Waals surface area contributed by atoms with E-state index >= 15 is 0 Å². The van der Waals surface area contributed by atoms with E-state index in [-0.39, 0.29) is 5.91 Å². The molecule has 0 unspecified atom stereocenters. The lowest BCUT2D eigenvalue weighted by molar-refractivity contribution is -0.113. The summed E-state index contributed by atoms with van der Waals surface area (Å²) < 4.78 is 1.87. The van der Waals surface area contributed by atoms with Crippen LogP contribution >= 0.6 is 11.8 Å². The number of fused-ring (bicyclic) bond motifs is 1. The SMILES string of the molecule is Cc1cc(C)cc(NC(=O)CSc2nnc3ccccn23)c1. The van der Waals surface area contributed by atoms with E-state index in [1.54, 1.807) is 0 Å². The normalized spacial score (nSPS) is 10.8. The zero-order valence-corrected chi connectivity index (χ0v) is 13.2. The van der Waals surface area contributed by atoms with Crippen LogP contribution in [0.5, 0.6) is 0 Å². The highest BCUT2D eigenvalue weighted by molar-refractivity contribution is 7.99. The topological polar surface area (TPSA) is 59.3 Å². The smallest absolute Gasteiger partial charge is 0.234 e. The van der Waals surface area contributed by atoms with Gasteiger partial charge in [-0.05, 0) is 49.2 Å². The predicted molar refractivity (Wildman–Crippen MR) is 88.3 cm³/mol. The first-order valence-corrected chi connectivity index (χ1v) is 7.91. The van der Waals surface area contributed by atoms with Gasteiger partial charge in [-0.3, -0.25) is 9.20 Å². The highest BCUT2D eigenvalue weighted by atomic mass is 32.2. The number of nitrogens with zero attached hydrogens (tertiary/aromatic N) is 3. The molecule has 6 heteroatoms. The molecule has 1 N–H and O–H groups in total. The Hall–Kier alpha value is -2.34. The van der Waals surface area contributed by atoms with Crippen LogP contribution < -0.4 is 5.32 Å². The van der Waals surface area contributed by atoms with Gasteiger partial charge in [0.1, 0.15) is 0 Å². The number of amides is 1. The van der Waals surface area contributed by atoms with Crippen molar-refractivity contribution in [3.8, 4) is 0 Å². The number of anilines is 1. The van der Waals surface area contributed by atoms with Crippen LogP contribution in [0.3, 0.4) is 0 Å². The molecule has 0 spiro atoms. The number of rotatable bonds is 4. The molecule has 0 aliphatic rings. The van der Waals surface area contributed by atoms with Crippen molar-refractivity contribution < 1.29 is 4.79 Å². The molecule has 0 atom stereocenters. The molecule has 22 heavy (non-hydrogen) atoms. The second-order valence-corrected chi connectivity index (χ2v) is 6.07. The number of nitrogens with one attached hydrogen (secondary N) is 1. The van der Waals surface area contributed by atoms with Crippen LogP contribution in [0.1, 0.15) is 11.1 Å². The minimum Gasteiger partial charge on any atom is -0.325 e. The number of benzene rings is 1. The van der Waals surface area contributed by atoms with Crippen LogP contribution in [0.25, 0.3) is 5.65 Å². The number of carbonyl (C=O) groups is 1. The molecule has 1 amide bonds. The maximum absolute atomic E-state index is 12.1. The Balaban J connectivity index is 1.65. The van der Waals surface area contributed by atoms with Gasteiger partial charge in [0.15, 0.2) is 10.8 Å². The van der Waals surface area contributed by atoms with E-state index in [2.05, 4.69) is 21.6 Å². The number of aromatic nitrogens is 3. The van der Waals surface area contributed by atoms with Gasteiger partial charge >= 0.3 is 0 Å². The zero-order valence-electron chi connectivity index (χ0n) is 12.4. The fourth-order valence-electron chi connectivity index (χ4n) is 2.29. The van der Waals surface area contributed by atoms with Gasteiger partial charge in [-0.1, -0.05) is 23.9 Å². The van der Waals surface area contributed by atoms with Crippen LogP contribution in [-0.4, -0.2) is 26.3 Å². The Morgan fingerprint density at radius 3 is 2.73 bits per heavy atom. The summed E-state index contributed by atoms with van der Waals surface area (Å²) in [4.78, 5) is 12.1. The van der Waals surface area contributed by atoms with Gasteiger partial charge in [0, 0.05) is 11.9 Å². The zero-order chi connectivity index (χ0) is 15.5. The molecule has 3 aromatic rings. The first-order chi connectivity index (χ1) is 10.6. The molecule has 3 rings (SSSR count). The molecular weight excluding hydrogens is 296 g/mol. The second kappa shape index (κ2) is 6.19. The fourth-order valence-corrected chi connectivity index (χ4v) is 3.02. The average Bonchev–Trinajstić information content (AvgIpc) is 2.87. The highest BCUT2D eigenvalue weighted by Crippen LogP contribution is 2.18. The van der Waals surface area contributed by atoms with E-state index in [0.717, 1.165) is 22.5 Å². The first kappa shape index (κ1) is 14.6. The van der Waals surface area contributed by atoms with Crippen molar-refractivity contribution in [2.45, 2.75) is 19.0 Å². The molecule has 112 valence electrons. The van der Waals surface area contributed by atoms with Crippen LogP contribution in [0.15, 0.2) is 47.8 Å². The Morgan fingerprint density at radius 1 is 1.18 bits per heavy atom. The van der Waals surface area contributed by atoms with Crippen molar-refractivity contribution in [2.75, 3.05) is 11.1 Å². The molecule has 0 saturated heterocycles. The Kier molecular flexibility index (Phi) is 4.11. The summed E-state index contributed by atoms with van der Waals surface area (Å²) in [6, 6.07) is 11.7. The first-order valence-electron chi connectivity index (χ1n) is 6.92. The Labute approximate surface area is 132 Å². The molecule has 1 aromatic carbocycles. The summed E-state index contributed by atoms with van der Waals surface area (Å²) in [5.74, 6) is 0.241. The third kappa shape index (κ3) is 3.28. The summed E-state index contributed by atoms with van der Waals surface area (Å²) in [5.41, 5.74) is 3.87. The van der Waals surface area contributed by atoms with Gasteiger partial charge in [-0.15, -0.1) is 10.2 Å². The predicted octanol–water partition coefficient (Wildman–Crippen LogP) is 3.08. The molecule has 0 fully saturated rings. The monoisotopic (exact) mass is 312 g/mol. The molecule has 2 heterocycles. The number of pyridine rings is 1. The van der Waals surface area contributed by atoms with E-state index in [1.165, 1.54) is 11.8 Å². The second-order valence-electron chi connectivity index (χ2n) is 5.12. The Bertz CT molecular complexity index is 808. The molecule has 0 saturated carbocycles. The van der Waals surface area contributed by atoms with Crippen molar-refractivity contribution >= 4 is 29.0 Å². The number of carbonyl (C=O) groups excluding carboxylic acids is 1. The van der Waals surface area contributed by atoms with Crippen molar-refractivity contribution in [3.05, 3.63) is 53.7 Å². The van der Waals surface area contributed by atoms with Gasteiger partial charge in [-0.2, -0.15) is 0 Å². The van der Waals surface area contributed by atoms with Gasteiger partial charge in [0.25, 0.3) is 0 Å². The largest absolute Gasteiger partial charge is 0.325 e. The van der Waals surface area contributed by atoms with Crippen LogP contribution in [-0.2, 0) is 4.79 Å². The van der Waals surface area contributed by atoms with E-state index < -0.39 is 0 Å². The fraction of sp³-hybridized carbons (Fsp3) is 0.188. The van der Waals surface area contributed by atoms with E-state index in [1.807, 2.05) is 54.8 Å². The number of aryl methyl sites for hydroxylation is 2. The van der Waals surface area contributed by atoms with Crippen molar-refractivity contribution in [3.63, 3.8) is 0 Å². The summed E-state index contributed by atoms with van der Waals surface area (Å²) >= 11 is 1.37. The number of hydrogen-bond donors (Lipinski definition) is 1. The van der Waals surface area contributed by atoms with Crippen molar-refractivity contribution in [2.24, 2.45) is 0 Å². The molecule has 5 nitrogen and oxygen atoms in total. The molecule has 0 aliphatic carbocycles. The van der Waals surface area contributed by atoms with Crippen molar-refractivity contribution in [1.82, 2.24) is 14.6 Å². The van der Waals surface area contributed by atoms with Gasteiger partial charge in [-0.25, -0.2) is 0 Å². The lowest BCUT2D eigenvalue weighted by Crippen LogP contribution is -2.14. The minimum atomic E-state index is -0.0531. The highest BCUT2D eigenvalue weighted by Gasteiger charge is 2.09. The maximum atomic E-state index is 12.1. The summed E-state index contributed by atoms with van der Waals surface area (Å²) in [6.07, 6.45) is 1.89. The third-order valence-corrected chi connectivity index (χ3v) is 4.06. The number of hydrogen-bond acceptors (Lipinski definition) is 4. The Morgan fingerprint density at radius 2 is 1.95 bits per heavy atom. The van der Waals surface area contributed by atoms with Crippen LogP contribution in [0.2, 0.25) is 0 Å². The van der Waals surface area contributed by atoms with Gasteiger partial charge < -0.3 is 5.32 Å². The lowest BCUT2D eigenvalue weighted by atomic mass is 10.1. The lowest BCUT2D eigenvalue weighted by Gasteiger charge is -2.07. The minimum absolute atomic E-state index is 0.0531. The summed E-state index contributed by atoms with van der Waals surface area (Å²) in [6.45, 7) is 4.03. The molecule has 2 aromatic heterocycles. The summed E-state index contributed by atoms with van der Waals surface area (Å²) in [5, 5.41) is 11.8. The van der Waals surface area contributed by atoms with E-state index in [9.17, 15) is 4.79 Å². The average molecular weight is 312 g/mol. The van der Waals surface area contributed by atoms with Gasteiger partial charge in [0.05, 0.1) is 5.75 Å². The van der Waals surface area contributed by atoms with Gasteiger partial charge in [0.2, 0.25) is 5.91 Å². The summed E-state index contributed by atoms with van der Waals surface area (Å²) in [7, 11) is 0. The molecule has 0 bridgehead atoms. The number of thioether (sulfide) groups is 1. The molecule has 0 aliphatic heterocycles.